The SMILES string of the molecule is CC1COC(c2ccc(Cl)o2)N1.Cl. The third-order valence-electron chi connectivity index (χ3n) is 1.80. The molecular weight excluding hydrogens is 213 g/mol. The molecule has 0 bridgehead atoms. The standard InChI is InChI=1S/C8H10ClNO2.ClH/c1-5-4-11-8(10-5)6-2-3-7(9)12-6;/h2-3,5,8,10H,4H2,1H3;1H. The molecule has 3 nitrogen and oxygen atoms in total. The van der Waals surface area contributed by atoms with Crippen LogP contribution in [0.4, 0.5) is 0 Å². The van der Waals surface area contributed by atoms with Crippen LogP contribution in [-0.2, 0) is 4.74 Å². The van der Waals surface area contributed by atoms with Gasteiger partial charge in [0, 0.05) is 6.04 Å². The summed E-state index contributed by atoms with van der Waals surface area (Å²) in [5, 5.41) is 3.61. The zero-order valence-corrected chi connectivity index (χ0v) is 8.69. The summed E-state index contributed by atoms with van der Waals surface area (Å²) in [4.78, 5) is 0. The van der Waals surface area contributed by atoms with Crippen LogP contribution in [0.3, 0.4) is 0 Å². The fourth-order valence-electron chi connectivity index (χ4n) is 1.23. The summed E-state index contributed by atoms with van der Waals surface area (Å²) in [5.41, 5.74) is 0. The van der Waals surface area contributed by atoms with Crippen molar-refractivity contribution >= 4 is 24.0 Å². The van der Waals surface area contributed by atoms with E-state index < -0.39 is 0 Å². The van der Waals surface area contributed by atoms with E-state index in [0.29, 0.717) is 17.9 Å². The first-order valence-corrected chi connectivity index (χ1v) is 4.26. The van der Waals surface area contributed by atoms with Gasteiger partial charge >= 0.3 is 0 Å². The first-order chi connectivity index (χ1) is 5.75. The van der Waals surface area contributed by atoms with E-state index in [0.717, 1.165) is 5.76 Å². The van der Waals surface area contributed by atoms with Gasteiger partial charge in [0.05, 0.1) is 6.61 Å². The maximum Gasteiger partial charge on any atom is 0.193 e. The van der Waals surface area contributed by atoms with E-state index in [2.05, 4.69) is 12.2 Å². The van der Waals surface area contributed by atoms with Crippen molar-refractivity contribution in [2.45, 2.75) is 19.2 Å². The van der Waals surface area contributed by atoms with Crippen LogP contribution >= 0.6 is 24.0 Å². The van der Waals surface area contributed by atoms with Crippen molar-refractivity contribution in [3.8, 4) is 0 Å². The Hall–Kier alpha value is -0.220. The van der Waals surface area contributed by atoms with Gasteiger partial charge in [0.1, 0.15) is 5.76 Å². The van der Waals surface area contributed by atoms with Crippen molar-refractivity contribution in [1.82, 2.24) is 5.32 Å². The lowest BCUT2D eigenvalue weighted by Crippen LogP contribution is -2.21. The highest BCUT2D eigenvalue weighted by Crippen LogP contribution is 2.24. The van der Waals surface area contributed by atoms with Crippen molar-refractivity contribution < 1.29 is 9.15 Å². The molecule has 0 aromatic carbocycles. The van der Waals surface area contributed by atoms with Crippen LogP contribution in [0.1, 0.15) is 18.9 Å². The van der Waals surface area contributed by atoms with Crippen LogP contribution in [0.15, 0.2) is 16.5 Å². The number of nitrogens with one attached hydrogen (secondary N) is 1. The maximum atomic E-state index is 5.63. The second-order valence-corrected chi connectivity index (χ2v) is 3.30. The summed E-state index contributed by atoms with van der Waals surface area (Å²) < 4.78 is 10.6. The molecule has 1 aromatic heterocycles. The lowest BCUT2D eigenvalue weighted by atomic mass is 10.3. The monoisotopic (exact) mass is 223 g/mol. The Morgan fingerprint density at radius 1 is 1.54 bits per heavy atom. The Labute approximate surface area is 87.8 Å². The Kier molecular flexibility index (Phi) is 3.62. The predicted octanol–water partition coefficient (Wildman–Crippen LogP) is 2.36. The average Bonchev–Trinajstić information content (AvgIpc) is 2.58. The third-order valence-corrected chi connectivity index (χ3v) is 2.00. The summed E-state index contributed by atoms with van der Waals surface area (Å²) in [7, 11) is 0. The van der Waals surface area contributed by atoms with Crippen LogP contribution in [0.2, 0.25) is 5.22 Å². The number of halogens is 2. The molecule has 1 aliphatic heterocycles. The molecule has 5 heteroatoms. The third kappa shape index (κ3) is 2.38. The largest absolute Gasteiger partial charge is 0.445 e. The van der Waals surface area contributed by atoms with Crippen molar-refractivity contribution in [2.24, 2.45) is 0 Å². The zero-order valence-electron chi connectivity index (χ0n) is 7.12. The van der Waals surface area contributed by atoms with Crippen LogP contribution in [0, 0.1) is 0 Å². The summed E-state index contributed by atoms with van der Waals surface area (Å²) in [5.74, 6) is 0.740. The van der Waals surface area contributed by atoms with E-state index >= 15 is 0 Å². The fraction of sp³-hybridized carbons (Fsp3) is 0.500. The highest BCUT2D eigenvalue weighted by molar-refractivity contribution is 6.28. The van der Waals surface area contributed by atoms with Gasteiger partial charge in [-0.25, -0.2) is 0 Å². The molecule has 2 atom stereocenters. The van der Waals surface area contributed by atoms with Gasteiger partial charge in [0.2, 0.25) is 0 Å². The predicted molar refractivity (Wildman–Crippen MR) is 52.3 cm³/mol. The topological polar surface area (TPSA) is 34.4 Å². The molecule has 0 spiro atoms. The quantitative estimate of drug-likeness (QED) is 0.795. The first kappa shape index (κ1) is 10.9. The number of hydrogen-bond acceptors (Lipinski definition) is 3. The zero-order chi connectivity index (χ0) is 8.55. The van der Waals surface area contributed by atoms with Crippen LogP contribution < -0.4 is 5.32 Å². The molecule has 0 radical (unpaired) electrons. The molecule has 2 unspecified atom stereocenters. The molecule has 2 heterocycles. The van der Waals surface area contributed by atoms with Crippen molar-refractivity contribution in [1.29, 1.82) is 0 Å². The Balaban J connectivity index is 0.000000845. The van der Waals surface area contributed by atoms with Crippen LogP contribution in [-0.4, -0.2) is 12.6 Å². The van der Waals surface area contributed by atoms with E-state index in [1.807, 2.05) is 6.07 Å². The van der Waals surface area contributed by atoms with Gasteiger partial charge in [-0.3, -0.25) is 5.32 Å². The van der Waals surface area contributed by atoms with Gasteiger partial charge < -0.3 is 9.15 Å². The normalized spacial score (nSPS) is 27.2. The minimum Gasteiger partial charge on any atom is -0.445 e. The van der Waals surface area contributed by atoms with E-state index in [1.165, 1.54) is 0 Å². The van der Waals surface area contributed by atoms with Gasteiger partial charge in [0.25, 0.3) is 0 Å². The Morgan fingerprint density at radius 2 is 2.31 bits per heavy atom. The van der Waals surface area contributed by atoms with Gasteiger partial charge in [-0.2, -0.15) is 0 Å². The van der Waals surface area contributed by atoms with Gasteiger partial charge in [-0.05, 0) is 30.7 Å². The molecule has 2 rings (SSSR count). The number of furan rings is 1. The average molecular weight is 224 g/mol. The molecule has 1 saturated heterocycles. The molecule has 1 fully saturated rings. The van der Waals surface area contributed by atoms with Crippen LogP contribution in [0.25, 0.3) is 0 Å². The van der Waals surface area contributed by atoms with E-state index in [9.17, 15) is 0 Å². The molecule has 0 amide bonds. The summed E-state index contributed by atoms with van der Waals surface area (Å²) in [6.07, 6.45) is -0.132. The smallest absolute Gasteiger partial charge is 0.193 e. The highest BCUT2D eigenvalue weighted by atomic mass is 35.5. The summed E-state index contributed by atoms with van der Waals surface area (Å²) >= 11 is 5.63. The van der Waals surface area contributed by atoms with Crippen LogP contribution in [0.5, 0.6) is 0 Å². The molecule has 0 saturated carbocycles. The van der Waals surface area contributed by atoms with Crippen molar-refractivity contribution in [3.63, 3.8) is 0 Å². The molecule has 1 aromatic rings. The molecular formula is C8H11Cl2NO2. The number of ether oxygens (including phenoxy) is 1. The lowest BCUT2D eigenvalue weighted by Gasteiger charge is -2.05. The van der Waals surface area contributed by atoms with Gasteiger partial charge in [0.15, 0.2) is 11.4 Å². The Bertz CT molecular complexity index is 277. The van der Waals surface area contributed by atoms with E-state index in [1.54, 1.807) is 6.07 Å². The summed E-state index contributed by atoms with van der Waals surface area (Å²) in [6.45, 7) is 2.77. The Morgan fingerprint density at radius 3 is 2.77 bits per heavy atom. The van der Waals surface area contributed by atoms with E-state index in [-0.39, 0.29) is 18.6 Å². The maximum absolute atomic E-state index is 5.63. The number of hydrogen-bond donors (Lipinski definition) is 1. The van der Waals surface area contributed by atoms with Crippen molar-refractivity contribution in [3.05, 3.63) is 23.1 Å². The molecule has 1 N–H and O–H groups in total. The first-order valence-electron chi connectivity index (χ1n) is 3.88. The lowest BCUT2D eigenvalue weighted by molar-refractivity contribution is 0.0827. The highest BCUT2D eigenvalue weighted by Gasteiger charge is 2.24. The molecule has 13 heavy (non-hydrogen) atoms. The minimum atomic E-state index is -0.132. The van der Waals surface area contributed by atoms with Gasteiger partial charge in [-0.15, -0.1) is 12.4 Å². The van der Waals surface area contributed by atoms with E-state index in [4.69, 9.17) is 20.8 Å². The van der Waals surface area contributed by atoms with Gasteiger partial charge in [-0.1, -0.05) is 0 Å². The second-order valence-electron chi connectivity index (χ2n) is 2.92. The number of rotatable bonds is 1. The van der Waals surface area contributed by atoms with Crippen molar-refractivity contribution in [2.75, 3.05) is 6.61 Å². The molecule has 1 aliphatic rings. The summed E-state index contributed by atoms with van der Waals surface area (Å²) in [6, 6.07) is 3.90. The fourth-order valence-corrected chi connectivity index (χ4v) is 1.38. The second kappa shape index (κ2) is 4.33. The minimum absolute atomic E-state index is 0. The molecule has 74 valence electrons. The molecule has 0 aliphatic carbocycles.